The van der Waals surface area contributed by atoms with E-state index in [-0.39, 0.29) is 23.8 Å². The maximum absolute atomic E-state index is 12.3. The highest BCUT2D eigenvalue weighted by Crippen LogP contribution is 2.26. The van der Waals surface area contributed by atoms with Crippen molar-refractivity contribution >= 4 is 10.0 Å². The molecule has 0 amide bonds. The van der Waals surface area contributed by atoms with Gasteiger partial charge in [-0.25, -0.2) is 18.1 Å². The SMILES string of the molecule is Cc1oc(C)c(S(=O)(=O)NCCn2ccnc2)c1CO. The summed E-state index contributed by atoms with van der Waals surface area (Å²) in [7, 11) is -3.70. The zero-order valence-corrected chi connectivity index (χ0v) is 12.1. The maximum Gasteiger partial charge on any atom is 0.244 e. The molecule has 0 fully saturated rings. The van der Waals surface area contributed by atoms with E-state index in [9.17, 15) is 13.5 Å². The summed E-state index contributed by atoms with van der Waals surface area (Å²) in [6.07, 6.45) is 4.99. The van der Waals surface area contributed by atoms with Crippen molar-refractivity contribution in [3.8, 4) is 0 Å². The smallest absolute Gasteiger partial charge is 0.244 e. The molecule has 0 radical (unpaired) electrons. The van der Waals surface area contributed by atoms with Crippen LogP contribution in [0.25, 0.3) is 0 Å². The Kier molecular flexibility index (Phi) is 4.26. The summed E-state index contributed by atoms with van der Waals surface area (Å²) < 4.78 is 34.1. The third-order valence-electron chi connectivity index (χ3n) is 2.97. The van der Waals surface area contributed by atoms with Gasteiger partial charge in [-0.2, -0.15) is 0 Å². The van der Waals surface area contributed by atoms with Crippen LogP contribution in [0.1, 0.15) is 17.1 Å². The molecule has 8 heteroatoms. The maximum atomic E-state index is 12.3. The number of nitrogens with one attached hydrogen (secondary N) is 1. The van der Waals surface area contributed by atoms with E-state index >= 15 is 0 Å². The summed E-state index contributed by atoms with van der Waals surface area (Å²) >= 11 is 0. The normalized spacial score (nSPS) is 11.9. The molecule has 2 aromatic rings. The molecule has 0 bridgehead atoms. The third kappa shape index (κ3) is 2.92. The first-order chi connectivity index (χ1) is 9.45. The predicted octanol–water partition coefficient (Wildman–Crippen LogP) is 0.564. The van der Waals surface area contributed by atoms with Gasteiger partial charge in [0, 0.05) is 31.0 Å². The number of hydrogen-bond acceptors (Lipinski definition) is 5. The second-order valence-corrected chi connectivity index (χ2v) is 6.08. The van der Waals surface area contributed by atoms with Gasteiger partial charge in [-0.15, -0.1) is 0 Å². The molecule has 0 saturated carbocycles. The van der Waals surface area contributed by atoms with Crippen LogP contribution in [-0.4, -0.2) is 29.6 Å². The first-order valence-electron chi connectivity index (χ1n) is 6.11. The zero-order chi connectivity index (χ0) is 14.8. The van der Waals surface area contributed by atoms with Gasteiger partial charge in [-0.3, -0.25) is 0 Å². The minimum absolute atomic E-state index is 0.0307. The minimum Gasteiger partial charge on any atom is -0.465 e. The fraction of sp³-hybridized carbons (Fsp3) is 0.417. The van der Waals surface area contributed by atoms with Crippen LogP contribution in [0, 0.1) is 13.8 Å². The lowest BCUT2D eigenvalue weighted by atomic mass is 10.2. The topological polar surface area (TPSA) is 97.4 Å². The first-order valence-corrected chi connectivity index (χ1v) is 7.59. The van der Waals surface area contributed by atoms with Crippen LogP contribution < -0.4 is 4.72 Å². The third-order valence-corrected chi connectivity index (χ3v) is 4.63. The molecule has 0 aliphatic carbocycles. The van der Waals surface area contributed by atoms with Crippen LogP contribution in [0.4, 0.5) is 0 Å². The molecule has 0 atom stereocenters. The van der Waals surface area contributed by atoms with Gasteiger partial charge in [0.15, 0.2) is 0 Å². The Bertz CT molecular complexity index is 674. The molecular weight excluding hydrogens is 282 g/mol. The molecule has 110 valence electrons. The van der Waals surface area contributed by atoms with E-state index in [1.54, 1.807) is 37.1 Å². The molecule has 7 nitrogen and oxygen atoms in total. The summed E-state index contributed by atoms with van der Waals surface area (Å²) in [6, 6.07) is 0. The average molecular weight is 299 g/mol. The lowest BCUT2D eigenvalue weighted by Crippen LogP contribution is -2.28. The van der Waals surface area contributed by atoms with Crippen molar-refractivity contribution in [2.45, 2.75) is 31.9 Å². The second-order valence-electron chi connectivity index (χ2n) is 4.38. The summed E-state index contributed by atoms with van der Waals surface area (Å²) in [4.78, 5) is 3.91. The largest absolute Gasteiger partial charge is 0.465 e. The van der Waals surface area contributed by atoms with E-state index in [0.717, 1.165) is 0 Å². The average Bonchev–Trinajstić information content (AvgIpc) is 2.96. The Morgan fingerprint density at radius 1 is 1.40 bits per heavy atom. The number of furan rings is 1. The number of aliphatic hydroxyl groups is 1. The Balaban J connectivity index is 2.14. The van der Waals surface area contributed by atoms with Crippen molar-refractivity contribution in [2.75, 3.05) is 6.54 Å². The van der Waals surface area contributed by atoms with Gasteiger partial charge in [-0.05, 0) is 13.8 Å². The van der Waals surface area contributed by atoms with Gasteiger partial charge in [0.05, 0.1) is 12.9 Å². The van der Waals surface area contributed by atoms with Crippen LogP contribution in [-0.2, 0) is 23.2 Å². The van der Waals surface area contributed by atoms with E-state index in [1.165, 1.54) is 0 Å². The zero-order valence-electron chi connectivity index (χ0n) is 11.3. The molecule has 2 rings (SSSR count). The van der Waals surface area contributed by atoms with Crippen molar-refractivity contribution in [3.63, 3.8) is 0 Å². The highest BCUT2D eigenvalue weighted by atomic mass is 32.2. The predicted molar refractivity (Wildman–Crippen MR) is 71.5 cm³/mol. The summed E-state index contributed by atoms with van der Waals surface area (Å²) in [5.41, 5.74) is 0.303. The van der Waals surface area contributed by atoms with Crippen molar-refractivity contribution in [3.05, 3.63) is 35.8 Å². The summed E-state index contributed by atoms with van der Waals surface area (Å²) in [5.74, 6) is 0.696. The number of nitrogens with zero attached hydrogens (tertiary/aromatic N) is 2. The van der Waals surface area contributed by atoms with E-state index in [4.69, 9.17) is 4.42 Å². The van der Waals surface area contributed by atoms with Crippen LogP contribution in [0.2, 0.25) is 0 Å². The Morgan fingerprint density at radius 2 is 2.15 bits per heavy atom. The lowest BCUT2D eigenvalue weighted by molar-refractivity contribution is 0.276. The molecule has 2 heterocycles. The van der Waals surface area contributed by atoms with Crippen molar-refractivity contribution in [1.29, 1.82) is 0 Å². The van der Waals surface area contributed by atoms with Gasteiger partial charge in [0.2, 0.25) is 10.0 Å². The number of aliphatic hydroxyl groups excluding tert-OH is 1. The summed E-state index contributed by atoms with van der Waals surface area (Å²) in [6.45, 7) is 3.53. The molecule has 0 aliphatic heterocycles. The fourth-order valence-corrected chi connectivity index (χ4v) is 3.50. The van der Waals surface area contributed by atoms with Gasteiger partial charge >= 0.3 is 0 Å². The fourth-order valence-electron chi connectivity index (χ4n) is 2.04. The first kappa shape index (κ1) is 14.8. The van der Waals surface area contributed by atoms with Gasteiger partial charge in [0.25, 0.3) is 0 Å². The van der Waals surface area contributed by atoms with Crippen LogP contribution in [0.15, 0.2) is 28.0 Å². The van der Waals surface area contributed by atoms with Crippen molar-refractivity contribution in [1.82, 2.24) is 14.3 Å². The molecular formula is C12H17N3O4S. The molecule has 20 heavy (non-hydrogen) atoms. The number of hydrogen-bond donors (Lipinski definition) is 2. The molecule has 0 aliphatic rings. The van der Waals surface area contributed by atoms with E-state index in [2.05, 4.69) is 9.71 Å². The van der Waals surface area contributed by atoms with Gasteiger partial charge in [0.1, 0.15) is 16.4 Å². The second kappa shape index (κ2) is 5.78. The molecule has 0 unspecified atom stereocenters. The van der Waals surface area contributed by atoms with Crippen LogP contribution >= 0.6 is 0 Å². The monoisotopic (exact) mass is 299 g/mol. The Labute approximate surface area is 117 Å². The Hall–Kier alpha value is -1.64. The highest BCUT2D eigenvalue weighted by molar-refractivity contribution is 7.89. The van der Waals surface area contributed by atoms with Gasteiger partial charge < -0.3 is 14.1 Å². The quantitative estimate of drug-likeness (QED) is 0.812. The van der Waals surface area contributed by atoms with Crippen LogP contribution in [0.5, 0.6) is 0 Å². The standard InChI is InChI=1S/C12H17N3O4S/c1-9-11(7-16)12(10(2)19-9)20(17,18)14-4-6-15-5-3-13-8-15/h3,5,8,14,16H,4,6-7H2,1-2H3. The summed E-state index contributed by atoms with van der Waals surface area (Å²) in [5, 5.41) is 9.29. The molecule has 2 aromatic heterocycles. The van der Waals surface area contributed by atoms with Crippen molar-refractivity contribution in [2.24, 2.45) is 0 Å². The number of sulfonamides is 1. The molecule has 0 saturated heterocycles. The van der Waals surface area contributed by atoms with E-state index in [1.807, 2.05) is 0 Å². The van der Waals surface area contributed by atoms with E-state index < -0.39 is 10.0 Å². The van der Waals surface area contributed by atoms with Crippen molar-refractivity contribution < 1.29 is 17.9 Å². The number of imidazole rings is 1. The van der Waals surface area contributed by atoms with Crippen LogP contribution in [0.3, 0.4) is 0 Å². The number of rotatable bonds is 6. The Morgan fingerprint density at radius 3 is 2.75 bits per heavy atom. The number of aromatic nitrogens is 2. The molecule has 0 aromatic carbocycles. The van der Waals surface area contributed by atoms with E-state index in [0.29, 0.717) is 17.9 Å². The highest BCUT2D eigenvalue weighted by Gasteiger charge is 2.25. The number of aryl methyl sites for hydroxylation is 2. The minimum atomic E-state index is -3.70. The molecule has 2 N–H and O–H groups in total. The van der Waals surface area contributed by atoms with Gasteiger partial charge in [-0.1, -0.05) is 0 Å². The molecule has 0 spiro atoms. The lowest BCUT2D eigenvalue weighted by Gasteiger charge is -2.08.